The molecule has 2 heterocycles. The third kappa shape index (κ3) is 2.41. The summed E-state index contributed by atoms with van der Waals surface area (Å²) in [5.41, 5.74) is 2.73. The summed E-state index contributed by atoms with van der Waals surface area (Å²) >= 11 is 3.86. The van der Waals surface area contributed by atoms with Gasteiger partial charge in [0.15, 0.2) is 0 Å². The van der Waals surface area contributed by atoms with Crippen molar-refractivity contribution in [3.8, 4) is 0 Å². The van der Waals surface area contributed by atoms with Crippen molar-refractivity contribution in [2.45, 2.75) is 25.8 Å². The number of hydrogen-bond donors (Lipinski definition) is 1. The highest BCUT2D eigenvalue weighted by atomic mass is 32.2. The highest BCUT2D eigenvalue weighted by Gasteiger charge is 2.13. The predicted octanol–water partition coefficient (Wildman–Crippen LogP) is 3.36. The van der Waals surface area contributed by atoms with E-state index in [9.17, 15) is 0 Å². The molecule has 0 radical (unpaired) electrons. The Morgan fingerprint density at radius 3 is 3.00 bits per heavy atom. The Morgan fingerprint density at radius 1 is 1.46 bits per heavy atom. The zero-order chi connectivity index (χ0) is 9.10. The standard InChI is InChI=1S/C10H15NS2/c1-8-5-13-7-10(8)11-9-3-2-4-12-6-9/h5,7,9,11H,2-4,6H2,1H3. The molecule has 1 aromatic heterocycles. The number of nitrogens with one attached hydrogen (secondary N) is 1. The van der Waals surface area contributed by atoms with Crippen LogP contribution in [-0.4, -0.2) is 17.5 Å². The van der Waals surface area contributed by atoms with Crippen molar-refractivity contribution >= 4 is 28.8 Å². The van der Waals surface area contributed by atoms with Crippen LogP contribution in [0, 0.1) is 6.92 Å². The van der Waals surface area contributed by atoms with Crippen LogP contribution in [0.25, 0.3) is 0 Å². The number of hydrogen-bond acceptors (Lipinski definition) is 3. The number of aryl methyl sites for hydroxylation is 1. The van der Waals surface area contributed by atoms with Crippen molar-refractivity contribution in [3.05, 3.63) is 16.3 Å². The maximum atomic E-state index is 3.62. The summed E-state index contributed by atoms with van der Waals surface area (Å²) in [7, 11) is 0. The Hall–Kier alpha value is -0.150. The van der Waals surface area contributed by atoms with Gasteiger partial charge in [-0.1, -0.05) is 0 Å². The minimum Gasteiger partial charge on any atom is -0.381 e. The topological polar surface area (TPSA) is 12.0 Å². The lowest BCUT2D eigenvalue weighted by Gasteiger charge is -2.23. The molecule has 1 N–H and O–H groups in total. The van der Waals surface area contributed by atoms with Crippen molar-refractivity contribution in [1.29, 1.82) is 0 Å². The van der Waals surface area contributed by atoms with Crippen LogP contribution in [0.2, 0.25) is 0 Å². The smallest absolute Gasteiger partial charge is 0.0480 e. The predicted molar refractivity (Wildman–Crippen MR) is 63.0 cm³/mol. The lowest BCUT2D eigenvalue weighted by atomic mass is 10.2. The average Bonchev–Trinajstić information content (AvgIpc) is 2.54. The van der Waals surface area contributed by atoms with Crippen LogP contribution in [0.5, 0.6) is 0 Å². The van der Waals surface area contributed by atoms with Gasteiger partial charge in [0.2, 0.25) is 0 Å². The normalized spacial score (nSPS) is 23.0. The molecule has 0 aromatic carbocycles. The molecule has 3 heteroatoms. The van der Waals surface area contributed by atoms with Gasteiger partial charge in [0, 0.05) is 22.9 Å². The van der Waals surface area contributed by atoms with Gasteiger partial charge in [-0.15, -0.1) is 11.3 Å². The molecule has 1 aliphatic rings. The van der Waals surface area contributed by atoms with E-state index < -0.39 is 0 Å². The molecule has 13 heavy (non-hydrogen) atoms. The lowest BCUT2D eigenvalue weighted by Crippen LogP contribution is -2.25. The van der Waals surface area contributed by atoms with Gasteiger partial charge >= 0.3 is 0 Å². The van der Waals surface area contributed by atoms with Gasteiger partial charge in [-0.25, -0.2) is 0 Å². The Bertz CT molecular complexity index is 264. The Balaban J connectivity index is 1.93. The Kier molecular flexibility index (Phi) is 3.17. The highest BCUT2D eigenvalue weighted by molar-refractivity contribution is 7.99. The second kappa shape index (κ2) is 4.38. The number of thiophene rings is 1. The minimum absolute atomic E-state index is 0.701. The first kappa shape index (κ1) is 9.41. The van der Waals surface area contributed by atoms with Crippen LogP contribution < -0.4 is 5.32 Å². The quantitative estimate of drug-likeness (QED) is 0.808. The molecule has 1 atom stereocenters. The summed E-state index contributed by atoms with van der Waals surface area (Å²) in [5.74, 6) is 2.62. The molecular weight excluding hydrogens is 198 g/mol. The van der Waals surface area contributed by atoms with Gasteiger partial charge in [-0.2, -0.15) is 11.8 Å². The van der Waals surface area contributed by atoms with Crippen LogP contribution in [-0.2, 0) is 0 Å². The van der Waals surface area contributed by atoms with Crippen LogP contribution >= 0.6 is 23.1 Å². The molecule has 1 fully saturated rings. The van der Waals surface area contributed by atoms with Crippen molar-refractivity contribution < 1.29 is 0 Å². The van der Waals surface area contributed by atoms with Gasteiger partial charge in [-0.3, -0.25) is 0 Å². The number of thioether (sulfide) groups is 1. The summed E-state index contributed by atoms with van der Waals surface area (Å²) in [6.45, 7) is 2.18. The summed E-state index contributed by atoms with van der Waals surface area (Å²) in [5, 5.41) is 8.04. The molecule has 1 aliphatic heterocycles. The van der Waals surface area contributed by atoms with E-state index in [4.69, 9.17) is 0 Å². The minimum atomic E-state index is 0.701. The molecule has 0 aliphatic carbocycles. The van der Waals surface area contributed by atoms with E-state index in [2.05, 4.69) is 34.8 Å². The van der Waals surface area contributed by atoms with Gasteiger partial charge in [0.25, 0.3) is 0 Å². The fourth-order valence-corrected chi connectivity index (χ4v) is 3.44. The van der Waals surface area contributed by atoms with Crippen LogP contribution in [0.3, 0.4) is 0 Å². The lowest BCUT2D eigenvalue weighted by molar-refractivity contribution is 0.685. The van der Waals surface area contributed by atoms with Crippen molar-refractivity contribution in [2.24, 2.45) is 0 Å². The van der Waals surface area contributed by atoms with Crippen LogP contribution in [0.4, 0.5) is 5.69 Å². The first-order valence-corrected chi connectivity index (χ1v) is 6.83. The number of anilines is 1. The molecule has 0 saturated carbocycles. The van der Waals surface area contributed by atoms with Crippen molar-refractivity contribution in [3.63, 3.8) is 0 Å². The third-order valence-corrected chi connectivity index (χ3v) is 4.45. The zero-order valence-corrected chi connectivity index (χ0v) is 9.51. The monoisotopic (exact) mass is 213 g/mol. The van der Waals surface area contributed by atoms with Crippen LogP contribution in [0.1, 0.15) is 18.4 Å². The maximum Gasteiger partial charge on any atom is 0.0480 e. The van der Waals surface area contributed by atoms with E-state index in [0.29, 0.717) is 6.04 Å². The fourth-order valence-electron chi connectivity index (χ4n) is 1.58. The molecule has 0 amide bonds. The first-order chi connectivity index (χ1) is 6.36. The van der Waals surface area contributed by atoms with Gasteiger partial charge in [-0.05, 0) is 36.5 Å². The van der Waals surface area contributed by atoms with E-state index in [0.717, 1.165) is 0 Å². The molecule has 1 nitrogen and oxygen atoms in total. The average molecular weight is 213 g/mol. The van der Waals surface area contributed by atoms with Gasteiger partial charge in [0.1, 0.15) is 0 Å². The van der Waals surface area contributed by atoms with Gasteiger partial charge in [0.05, 0.1) is 0 Å². The summed E-state index contributed by atoms with van der Waals surface area (Å²) in [4.78, 5) is 0. The summed E-state index contributed by atoms with van der Waals surface area (Å²) < 4.78 is 0. The Labute approximate surface area is 87.9 Å². The van der Waals surface area contributed by atoms with E-state index in [1.165, 1.54) is 35.6 Å². The molecular formula is C10H15NS2. The Morgan fingerprint density at radius 2 is 2.38 bits per heavy atom. The van der Waals surface area contributed by atoms with Crippen LogP contribution in [0.15, 0.2) is 10.8 Å². The SMILES string of the molecule is Cc1cscc1NC1CCCSC1. The van der Waals surface area contributed by atoms with E-state index in [-0.39, 0.29) is 0 Å². The maximum absolute atomic E-state index is 3.62. The zero-order valence-electron chi connectivity index (χ0n) is 7.88. The third-order valence-electron chi connectivity index (χ3n) is 2.38. The molecule has 2 rings (SSSR count). The molecule has 1 aromatic rings. The second-order valence-electron chi connectivity index (χ2n) is 3.53. The largest absolute Gasteiger partial charge is 0.381 e. The second-order valence-corrected chi connectivity index (χ2v) is 5.42. The van der Waals surface area contributed by atoms with Crippen molar-refractivity contribution in [2.75, 3.05) is 16.8 Å². The van der Waals surface area contributed by atoms with Crippen molar-refractivity contribution in [1.82, 2.24) is 0 Å². The van der Waals surface area contributed by atoms with Gasteiger partial charge < -0.3 is 5.32 Å². The van der Waals surface area contributed by atoms with E-state index in [1.54, 1.807) is 11.3 Å². The molecule has 72 valence electrons. The summed E-state index contributed by atoms with van der Waals surface area (Å²) in [6.07, 6.45) is 2.70. The molecule has 1 saturated heterocycles. The molecule has 0 bridgehead atoms. The van der Waals surface area contributed by atoms with E-state index >= 15 is 0 Å². The first-order valence-electron chi connectivity index (χ1n) is 4.73. The molecule has 1 unspecified atom stereocenters. The fraction of sp³-hybridized carbons (Fsp3) is 0.600. The van der Waals surface area contributed by atoms with E-state index in [1.807, 2.05) is 0 Å². The highest BCUT2D eigenvalue weighted by Crippen LogP contribution is 2.24. The number of rotatable bonds is 2. The summed E-state index contributed by atoms with van der Waals surface area (Å²) in [6, 6.07) is 0.701. The molecule has 0 spiro atoms.